The number of amides is 2. The minimum atomic E-state index is -3.67. The molecule has 176 valence electrons. The molecule has 0 bridgehead atoms. The van der Waals surface area contributed by atoms with Gasteiger partial charge in [0.15, 0.2) is 0 Å². The van der Waals surface area contributed by atoms with Crippen LogP contribution in [-0.4, -0.2) is 49.9 Å². The predicted octanol–water partition coefficient (Wildman–Crippen LogP) is 3.88. The first-order valence-corrected chi connectivity index (χ1v) is 13.6. The minimum Gasteiger partial charge on any atom is -0.325 e. The van der Waals surface area contributed by atoms with Crippen molar-refractivity contribution in [2.24, 2.45) is 5.92 Å². The Labute approximate surface area is 199 Å². The summed E-state index contributed by atoms with van der Waals surface area (Å²) >= 11 is 1.50. The van der Waals surface area contributed by atoms with Gasteiger partial charge in [-0.25, -0.2) is 8.42 Å². The standard InChI is InChI=1S/C24H29N3O4S2/c1-17-3-5-19(6-4-17)25-23(28)16-27-21-15-20(7-8-22(21)32-14-11-24(27)29)33(30,31)26-12-9-18(2)10-13-26/h3-8,15,18H,9-14,16H2,1-2H3,(H,25,28). The summed E-state index contributed by atoms with van der Waals surface area (Å²) < 4.78 is 28.1. The second kappa shape index (κ2) is 9.87. The number of fused-ring (bicyclic) bond motifs is 1. The molecule has 7 nitrogen and oxygen atoms in total. The van der Waals surface area contributed by atoms with Crippen LogP contribution in [0.4, 0.5) is 11.4 Å². The van der Waals surface area contributed by atoms with Crippen LogP contribution in [0, 0.1) is 12.8 Å². The summed E-state index contributed by atoms with van der Waals surface area (Å²) in [5, 5.41) is 2.82. The average Bonchev–Trinajstić information content (AvgIpc) is 2.94. The molecule has 4 rings (SSSR count). The monoisotopic (exact) mass is 487 g/mol. The van der Waals surface area contributed by atoms with Crippen molar-refractivity contribution in [3.63, 3.8) is 0 Å². The second-order valence-corrected chi connectivity index (χ2v) is 11.8. The molecule has 33 heavy (non-hydrogen) atoms. The fourth-order valence-corrected chi connectivity index (χ4v) is 6.51. The molecule has 9 heteroatoms. The number of nitrogens with one attached hydrogen (secondary N) is 1. The summed E-state index contributed by atoms with van der Waals surface area (Å²) in [6.45, 7) is 4.92. The molecule has 0 aliphatic carbocycles. The maximum absolute atomic E-state index is 13.3. The molecule has 2 aromatic rings. The third-order valence-corrected chi connectivity index (χ3v) is 9.07. The number of thioether (sulfide) groups is 1. The lowest BCUT2D eigenvalue weighted by Crippen LogP contribution is -2.39. The number of nitrogens with zero attached hydrogens (tertiary/aromatic N) is 2. The summed E-state index contributed by atoms with van der Waals surface area (Å²) in [5.41, 5.74) is 2.21. The Morgan fingerprint density at radius 1 is 1.12 bits per heavy atom. The van der Waals surface area contributed by atoms with Gasteiger partial charge in [-0.2, -0.15) is 4.31 Å². The first-order valence-electron chi connectivity index (χ1n) is 11.2. The van der Waals surface area contributed by atoms with E-state index in [9.17, 15) is 18.0 Å². The molecular weight excluding hydrogens is 458 g/mol. The lowest BCUT2D eigenvalue weighted by molar-refractivity contribution is -0.121. The molecule has 2 amide bonds. The van der Waals surface area contributed by atoms with Gasteiger partial charge in [-0.15, -0.1) is 11.8 Å². The molecule has 0 spiro atoms. The first kappa shape index (κ1) is 23.8. The van der Waals surface area contributed by atoms with Crippen LogP contribution in [-0.2, 0) is 19.6 Å². The number of benzene rings is 2. The zero-order chi connectivity index (χ0) is 23.6. The topological polar surface area (TPSA) is 86.8 Å². The average molecular weight is 488 g/mol. The van der Waals surface area contributed by atoms with E-state index >= 15 is 0 Å². The van der Waals surface area contributed by atoms with E-state index in [0.717, 1.165) is 23.3 Å². The lowest BCUT2D eigenvalue weighted by atomic mass is 10.0. The molecule has 2 heterocycles. The van der Waals surface area contributed by atoms with E-state index in [2.05, 4.69) is 12.2 Å². The van der Waals surface area contributed by atoms with Crippen LogP contribution in [0.2, 0.25) is 0 Å². The molecule has 0 saturated carbocycles. The van der Waals surface area contributed by atoms with E-state index in [0.29, 0.717) is 36.1 Å². The molecule has 0 atom stereocenters. The van der Waals surface area contributed by atoms with E-state index in [1.165, 1.54) is 21.0 Å². The first-order chi connectivity index (χ1) is 15.7. The van der Waals surface area contributed by atoms with Crippen molar-refractivity contribution >= 4 is 45.0 Å². The smallest absolute Gasteiger partial charge is 0.244 e. The summed E-state index contributed by atoms with van der Waals surface area (Å²) in [7, 11) is -3.67. The van der Waals surface area contributed by atoms with Crippen molar-refractivity contribution in [2.75, 3.05) is 35.6 Å². The van der Waals surface area contributed by atoms with Gasteiger partial charge in [-0.05, 0) is 56.0 Å². The Morgan fingerprint density at radius 3 is 2.52 bits per heavy atom. The number of carbonyl (C=O) groups excluding carboxylic acids is 2. The van der Waals surface area contributed by atoms with Gasteiger partial charge in [-0.3, -0.25) is 9.59 Å². The van der Waals surface area contributed by atoms with Gasteiger partial charge in [0.2, 0.25) is 21.8 Å². The van der Waals surface area contributed by atoms with E-state index in [1.54, 1.807) is 18.2 Å². The summed E-state index contributed by atoms with van der Waals surface area (Å²) in [6, 6.07) is 12.3. The predicted molar refractivity (Wildman–Crippen MR) is 131 cm³/mol. The van der Waals surface area contributed by atoms with Gasteiger partial charge in [-0.1, -0.05) is 24.6 Å². The number of hydrogen-bond acceptors (Lipinski definition) is 5. The molecule has 0 unspecified atom stereocenters. The van der Waals surface area contributed by atoms with Crippen molar-refractivity contribution in [3.8, 4) is 0 Å². The Hall–Kier alpha value is -2.36. The molecule has 2 aliphatic heterocycles. The van der Waals surface area contributed by atoms with Crippen molar-refractivity contribution in [3.05, 3.63) is 48.0 Å². The highest BCUT2D eigenvalue weighted by Crippen LogP contribution is 2.37. The normalized spacial score (nSPS) is 18.0. The highest BCUT2D eigenvalue weighted by molar-refractivity contribution is 7.99. The fourth-order valence-electron chi connectivity index (χ4n) is 4.04. The van der Waals surface area contributed by atoms with Gasteiger partial charge in [0, 0.05) is 35.8 Å². The van der Waals surface area contributed by atoms with Crippen LogP contribution in [0.1, 0.15) is 31.7 Å². The third-order valence-electron chi connectivity index (χ3n) is 6.11. The number of sulfonamides is 1. The highest BCUT2D eigenvalue weighted by atomic mass is 32.2. The van der Waals surface area contributed by atoms with Crippen LogP contribution in [0.15, 0.2) is 52.3 Å². The van der Waals surface area contributed by atoms with Crippen molar-refractivity contribution in [2.45, 2.75) is 42.9 Å². The van der Waals surface area contributed by atoms with Gasteiger partial charge < -0.3 is 10.2 Å². The maximum Gasteiger partial charge on any atom is 0.244 e. The SMILES string of the molecule is Cc1ccc(NC(=O)CN2C(=O)CCSc3ccc(S(=O)(=O)N4CCC(C)CC4)cc32)cc1. The number of hydrogen-bond donors (Lipinski definition) is 1. The second-order valence-electron chi connectivity index (χ2n) is 8.71. The number of carbonyl (C=O) groups is 2. The largest absolute Gasteiger partial charge is 0.325 e. The molecular formula is C24H29N3O4S2. The molecule has 2 aliphatic rings. The lowest BCUT2D eigenvalue weighted by Gasteiger charge is -2.30. The Balaban J connectivity index is 1.60. The molecule has 1 saturated heterocycles. The van der Waals surface area contributed by atoms with E-state index in [-0.39, 0.29) is 29.7 Å². The zero-order valence-electron chi connectivity index (χ0n) is 18.9. The third kappa shape index (κ3) is 5.42. The van der Waals surface area contributed by atoms with E-state index in [4.69, 9.17) is 0 Å². The van der Waals surface area contributed by atoms with Gasteiger partial charge in [0.25, 0.3) is 0 Å². The zero-order valence-corrected chi connectivity index (χ0v) is 20.5. The number of aryl methyl sites for hydroxylation is 1. The minimum absolute atomic E-state index is 0.162. The molecule has 1 N–H and O–H groups in total. The van der Waals surface area contributed by atoms with Crippen molar-refractivity contribution in [1.29, 1.82) is 0 Å². The Morgan fingerprint density at radius 2 is 1.82 bits per heavy atom. The summed E-state index contributed by atoms with van der Waals surface area (Å²) in [5.74, 6) is 0.572. The van der Waals surface area contributed by atoms with E-state index in [1.807, 2.05) is 31.2 Å². The molecule has 1 fully saturated rings. The molecule has 0 radical (unpaired) electrons. The fraction of sp³-hybridized carbons (Fsp3) is 0.417. The van der Waals surface area contributed by atoms with Crippen LogP contribution in [0.5, 0.6) is 0 Å². The van der Waals surface area contributed by atoms with Crippen molar-refractivity contribution in [1.82, 2.24) is 4.31 Å². The van der Waals surface area contributed by atoms with Crippen LogP contribution < -0.4 is 10.2 Å². The van der Waals surface area contributed by atoms with Crippen LogP contribution >= 0.6 is 11.8 Å². The highest BCUT2D eigenvalue weighted by Gasteiger charge is 2.31. The number of piperidine rings is 1. The quantitative estimate of drug-likeness (QED) is 0.692. The Bertz CT molecular complexity index is 1140. The molecule has 2 aromatic carbocycles. The maximum atomic E-state index is 13.3. The molecule has 0 aromatic heterocycles. The summed E-state index contributed by atoms with van der Waals surface area (Å²) in [6.07, 6.45) is 1.96. The van der Waals surface area contributed by atoms with E-state index < -0.39 is 10.0 Å². The van der Waals surface area contributed by atoms with Gasteiger partial charge in [0.05, 0.1) is 10.6 Å². The summed E-state index contributed by atoms with van der Waals surface area (Å²) in [4.78, 5) is 28.0. The van der Waals surface area contributed by atoms with Crippen LogP contribution in [0.25, 0.3) is 0 Å². The Kier molecular flexibility index (Phi) is 7.11. The number of rotatable bonds is 5. The van der Waals surface area contributed by atoms with Crippen molar-refractivity contribution < 1.29 is 18.0 Å². The van der Waals surface area contributed by atoms with Gasteiger partial charge >= 0.3 is 0 Å². The number of anilines is 2. The van der Waals surface area contributed by atoms with Gasteiger partial charge in [0.1, 0.15) is 6.54 Å². The van der Waals surface area contributed by atoms with Crippen LogP contribution in [0.3, 0.4) is 0 Å².